The Kier molecular flexibility index (Phi) is 5.52. The Balaban J connectivity index is 1.51. The van der Waals surface area contributed by atoms with Crippen molar-refractivity contribution in [3.63, 3.8) is 0 Å². The molecule has 0 spiro atoms. The maximum atomic E-state index is 13.1. The molecule has 2 aliphatic rings. The zero-order valence-electron chi connectivity index (χ0n) is 18.8. The summed E-state index contributed by atoms with van der Waals surface area (Å²) < 4.78 is 6.39. The molecule has 7 nitrogen and oxygen atoms in total. The summed E-state index contributed by atoms with van der Waals surface area (Å²) in [6.45, 7) is 1.83. The number of halogens is 3. The highest BCUT2D eigenvalue weighted by Crippen LogP contribution is 2.50. The van der Waals surface area contributed by atoms with Crippen LogP contribution in [0.1, 0.15) is 24.3 Å². The first-order valence-electron chi connectivity index (χ1n) is 11.1. The highest BCUT2D eigenvalue weighted by Gasteiger charge is 2.64. The largest absolute Gasteiger partial charge is 0.446 e. The first kappa shape index (κ1) is 23.0. The number of amides is 1. The Morgan fingerprint density at radius 2 is 1.72 bits per heavy atom. The molecule has 4 aromatic rings. The third-order valence-electron chi connectivity index (χ3n) is 6.47. The van der Waals surface area contributed by atoms with Crippen LogP contribution in [0.15, 0.2) is 84.2 Å². The second kappa shape index (κ2) is 8.62. The topological polar surface area (TPSA) is 70.9 Å². The molecule has 0 aliphatic carbocycles. The Morgan fingerprint density at radius 1 is 1.00 bits per heavy atom. The fraction of sp³-hybridized carbons (Fsp3) is 0.154. The van der Waals surface area contributed by atoms with Crippen LogP contribution in [-0.4, -0.2) is 37.8 Å². The van der Waals surface area contributed by atoms with E-state index in [4.69, 9.17) is 44.6 Å². The third-order valence-corrected chi connectivity index (χ3v) is 7.69. The number of carbonyl (C=O) groups is 1. The average Bonchev–Trinajstić information content (AvgIpc) is 3.35. The van der Waals surface area contributed by atoms with Crippen LogP contribution >= 0.6 is 34.8 Å². The first-order valence-corrected chi connectivity index (χ1v) is 12.3. The molecule has 2 aromatic carbocycles. The molecule has 1 amide bonds. The van der Waals surface area contributed by atoms with Gasteiger partial charge < -0.3 is 4.74 Å². The summed E-state index contributed by atoms with van der Waals surface area (Å²) in [5.41, 5.74) is 1.46. The number of fused-ring (bicyclic) bond motifs is 1. The summed E-state index contributed by atoms with van der Waals surface area (Å²) >= 11 is 19.9. The lowest BCUT2D eigenvalue weighted by atomic mass is 9.91. The minimum atomic E-state index is -1.13. The summed E-state index contributed by atoms with van der Waals surface area (Å²) in [6, 6.07) is 20.2. The normalized spacial score (nSPS) is 23.4. The molecule has 1 fully saturated rings. The van der Waals surface area contributed by atoms with Gasteiger partial charge in [0.25, 0.3) is 5.91 Å². The van der Waals surface area contributed by atoms with E-state index in [0.29, 0.717) is 27.7 Å². The van der Waals surface area contributed by atoms with E-state index in [0.717, 1.165) is 10.9 Å². The molecule has 0 bridgehead atoms. The number of anilines is 1. The highest BCUT2D eigenvalue weighted by molar-refractivity contribution is 6.40. The molecule has 10 heteroatoms. The number of hydrazone groups is 1. The Bertz CT molecular complexity index is 1530. The van der Waals surface area contributed by atoms with E-state index in [1.807, 2.05) is 43.3 Å². The van der Waals surface area contributed by atoms with Gasteiger partial charge in [-0.2, -0.15) is 0 Å². The fourth-order valence-electron chi connectivity index (χ4n) is 4.60. The molecular formula is C26H18Cl3N5O2. The van der Waals surface area contributed by atoms with E-state index in [2.05, 4.69) is 9.97 Å². The number of alkyl halides is 1. The average molecular weight is 539 g/mol. The number of benzene rings is 2. The van der Waals surface area contributed by atoms with Crippen molar-refractivity contribution in [3.05, 3.63) is 100 Å². The van der Waals surface area contributed by atoms with Gasteiger partial charge in [-0.25, -0.2) is 9.99 Å². The molecule has 2 aromatic heterocycles. The van der Waals surface area contributed by atoms with Gasteiger partial charge in [0.1, 0.15) is 5.15 Å². The standard InChI is InChI=1S/C26H18Cl3N5O2/c1-26(21(28)24(35)33(26)20-9-5-3-7-18(20)27)34-25(36-23(32-34)15-10-12-30-13-11-15)17-14-16-6-2-4-8-19(16)31-22(17)29/h2-14,21,25H,1H3. The molecule has 1 saturated heterocycles. The first-order chi connectivity index (χ1) is 17.4. The van der Waals surface area contributed by atoms with E-state index in [1.165, 1.54) is 0 Å². The van der Waals surface area contributed by atoms with Crippen molar-refractivity contribution in [1.82, 2.24) is 15.0 Å². The maximum absolute atomic E-state index is 13.1. The number of aromatic nitrogens is 2. The van der Waals surface area contributed by atoms with Crippen LogP contribution in [0.5, 0.6) is 0 Å². The molecule has 0 radical (unpaired) electrons. The number of rotatable bonds is 4. The lowest BCUT2D eigenvalue weighted by Gasteiger charge is -2.56. The van der Waals surface area contributed by atoms with Gasteiger partial charge in [0.15, 0.2) is 11.0 Å². The SMILES string of the molecule is CC1(N2N=C(c3ccncc3)OC2c2cc3ccccc3nc2Cl)C(Cl)C(=O)N1c1ccccc1Cl. The van der Waals surface area contributed by atoms with Gasteiger partial charge in [-0.1, -0.05) is 53.5 Å². The molecule has 0 saturated carbocycles. The Labute approximate surface area is 221 Å². The van der Waals surface area contributed by atoms with Gasteiger partial charge in [-0.3, -0.25) is 14.7 Å². The van der Waals surface area contributed by atoms with E-state index in [1.54, 1.807) is 52.6 Å². The molecule has 4 heterocycles. The quantitative estimate of drug-likeness (QED) is 0.181. The monoisotopic (exact) mass is 537 g/mol. The van der Waals surface area contributed by atoms with Gasteiger partial charge in [-0.15, -0.1) is 16.7 Å². The minimum absolute atomic E-state index is 0.263. The van der Waals surface area contributed by atoms with Crippen molar-refractivity contribution >= 4 is 63.2 Å². The number of ether oxygens (including phenoxy) is 1. The minimum Gasteiger partial charge on any atom is -0.446 e. The Morgan fingerprint density at radius 3 is 2.50 bits per heavy atom. The predicted octanol–water partition coefficient (Wildman–Crippen LogP) is 6.00. The number of carbonyl (C=O) groups excluding carboxylic acids is 1. The predicted molar refractivity (Wildman–Crippen MR) is 140 cm³/mol. The van der Waals surface area contributed by atoms with E-state index in [9.17, 15) is 4.79 Å². The highest BCUT2D eigenvalue weighted by atomic mass is 35.5. The summed E-state index contributed by atoms with van der Waals surface area (Å²) in [5.74, 6) is 0.0523. The van der Waals surface area contributed by atoms with Crippen LogP contribution in [0.25, 0.3) is 10.9 Å². The molecule has 6 rings (SSSR count). The molecule has 3 unspecified atom stereocenters. The number of nitrogens with zero attached hydrogens (tertiary/aromatic N) is 5. The summed E-state index contributed by atoms with van der Waals surface area (Å²) in [4.78, 5) is 23.3. The zero-order chi connectivity index (χ0) is 25.0. The molecule has 2 aliphatic heterocycles. The van der Waals surface area contributed by atoms with Crippen molar-refractivity contribution in [2.24, 2.45) is 5.10 Å². The van der Waals surface area contributed by atoms with Crippen LogP contribution < -0.4 is 4.90 Å². The summed E-state index contributed by atoms with van der Waals surface area (Å²) in [5, 5.41) is 7.13. The van der Waals surface area contributed by atoms with Gasteiger partial charge in [0.05, 0.1) is 21.8 Å². The van der Waals surface area contributed by atoms with Crippen LogP contribution in [-0.2, 0) is 9.53 Å². The van der Waals surface area contributed by atoms with Crippen molar-refractivity contribution in [2.75, 3.05) is 4.90 Å². The number of β-lactam (4-membered cyclic amide) rings is 1. The number of pyridine rings is 2. The fourth-order valence-corrected chi connectivity index (χ4v) is 5.35. The van der Waals surface area contributed by atoms with Crippen molar-refractivity contribution < 1.29 is 9.53 Å². The van der Waals surface area contributed by atoms with Gasteiger partial charge in [0, 0.05) is 23.3 Å². The molecule has 36 heavy (non-hydrogen) atoms. The van der Waals surface area contributed by atoms with Crippen molar-refractivity contribution in [1.29, 1.82) is 0 Å². The summed E-state index contributed by atoms with van der Waals surface area (Å²) in [7, 11) is 0. The lowest BCUT2D eigenvalue weighted by molar-refractivity contribution is -0.138. The van der Waals surface area contributed by atoms with Crippen molar-refractivity contribution in [3.8, 4) is 0 Å². The lowest BCUT2D eigenvalue weighted by Crippen LogP contribution is -2.77. The van der Waals surface area contributed by atoms with E-state index >= 15 is 0 Å². The summed E-state index contributed by atoms with van der Waals surface area (Å²) in [6.07, 6.45) is 2.48. The number of hydrogen-bond donors (Lipinski definition) is 0. The van der Waals surface area contributed by atoms with Crippen LogP contribution in [0.2, 0.25) is 10.2 Å². The molecular weight excluding hydrogens is 521 g/mol. The second-order valence-corrected chi connectivity index (χ2v) is 9.80. The van der Waals surface area contributed by atoms with Crippen LogP contribution in [0.3, 0.4) is 0 Å². The maximum Gasteiger partial charge on any atom is 0.251 e. The van der Waals surface area contributed by atoms with E-state index in [-0.39, 0.29) is 11.1 Å². The van der Waals surface area contributed by atoms with Gasteiger partial charge in [0.2, 0.25) is 12.1 Å². The van der Waals surface area contributed by atoms with Gasteiger partial charge >= 0.3 is 0 Å². The van der Waals surface area contributed by atoms with E-state index < -0.39 is 17.3 Å². The number of hydrogen-bond acceptors (Lipinski definition) is 6. The van der Waals surface area contributed by atoms with Crippen LogP contribution in [0, 0.1) is 0 Å². The Hall–Kier alpha value is -3.39. The second-order valence-electron chi connectivity index (χ2n) is 8.60. The number of para-hydroxylation sites is 2. The smallest absolute Gasteiger partial charge is 0.251 e. The van der Waals surface area contributed by atoms with Crippen molar-refractivity contribution in [2.45, 2.75) is 24.2 Å². The third kappa shape index (κ3) is 3.42. The molecule has 180 valence electrons. The van der Waals surface area contributed by atoms with Gasteiger partial charge in [-0.05, 0) is 43.3 Å². The van der Waals surface area contributed by atoms with Crippen LogP contribution in [0.4, 0.5) is 5.69 Å². The molecule has 3 atom stereocenters. The molecule has 0 N–H and O–H groups in total. The zero-order valence-corrected chi connectivity index (χ0v) is 21.1.